The van der Waals surface area contributed by atoms with Crippen molar-refractivity contribution in [3.63, 3.8) is 0 Å². The number of hydrogen-bond donors (Lipinski definition) is 1. The Morgan fingerprint density at radius 1 is 1.14 bits per heavy atom. The first-order valence-corrected chi connectivity index (χ1v) is 8.50. The van der Waals surface area contributed by atoms with Crippen LogP contribution >= 0.6 is 11.3 Å². The molecule has 0 aliphatic heterocycles. The molecule has 1 aromatic heterocycles. The normalized spacial score (nSPS) is 11.1. The van der Waals surface area contributed by atoms with Crippen molar-refractivity contribution in [3.05, 3.63) is 36.0 Å². The molecule has 1 aromatic carbocycles. The van der Waals surface area contributed by atoms with E-state index in [9.17, 15) is 0 Å². The summed E-state index contributed by atoms with van der Waals surface area (Å²) < 4.78 is 0. The second-order valence-electron chi connectivity index (χ2n) is 5.35. The van der Waals surface area contributed by atoms with Crippen LogP contribution in [0.4, 0.5) is 5.13 Å². The summed E-state index contributed by atoms with van der Waals surface area (Å²) in [7, 11) is 0. The average Bonchev–Trinajstić information content (AvgIpc) is 2.91. The van der Waals surface area contributed by atoms with Gasteiger partial charge in [0.1, 0.15) is 0 Å². The molecule has 0 aliphatic rings. The van der Waals surface area contributed by atoms with Crippen molar-refractivity contribution in [3.8, 4) is 10.4 Å². The lowest BCUT2D eigenvalue weighted by molar-refractivity contribution is 0.583. The van der Waals surface area contributed by atoms with Crippen molar-refractivity contribution >= 4 is 16.5 Å². The molecular weight excluding hydrogens is 278 g/mol. The quantitative estimate of drug-likeness (QED) is 0.832. The smallest absolute Gasteiger partial charge is 0.186 e. The minimum atomic E-state index is 0.465. The fraction of sp³-hybridized carbons (Fsp3) is 0.471. The molecule has 0 spiro atoms. The summed E-state index contributed by atoms with van der Waals surface area (Å²) in [6.45, 7) is 11.5. The Balaban J connectivity index is 2.36. The van der Waals surface area contributed by atoms with Crippen LogP contribution in [0.25, 0.3) is 10.4 Å². The number of aromatic nitrogens is 1. The molecule has 3 nitrogen and oxygen atoms in total. The van der Waals surface area contributed by atoms with E-state index in [4.69, 9.17) is 4.98 Å². The van der Waals surface area contributed by atoms with Crippen LogP contribution in [0.3, 0.4) is 0 Å². The van der Waals surface area contributed by atoms with Crippen LogP contribution < -0.4 is 10.2 Å². The monoisotopic (exact) mass is 303 g/mol. The topological polar surface area (TPSA) is 28.2 Å². The van der Waals surface area contributed by atoms with Crippen molar-refractivity contribution in [1.82, 2.24) is 10.3 Å². The third-order valence-corrected chi connectivity index (χ3v) is 4.64. The molecule has 114 valence electrons. The highest BCUT2D eigenvalue weighted by Crippen LogP contribution is 2.34. The molecule has 0 bridgehead atoms. The van der Waals surface area contributed by atoms with Crippen LogP contribution in [-0.2, 0) is 6.54 Å². The van der Waals surface area contributed by atoms with Crippen LogP contribution in [0.1, 0.15) is 33.4 Å². The molecule has 0 unspecified atom stereocenters. The first kappa shape index (κ1) is 16.0. The van der Waals surface area contributed by atoms with Gasteiger partial charge in [-0.25, -0.2) is 4.98 Å². The summed E-state index contributed by atoms with van der Waals surface area (Å²) in [6, 6.07) is 11.0. The summed E-state index contributed by atoms with van der Waals surface area (Å²) in [4.78, 5) is 8.48. The second-order valence-corrected chi connectivity index (χ2v) is 6.32. The van der Waals surface area contributed by atoms with Gasteiger partial charge >= 0.3 is 0 Å². The fourth-order valence-electron chi connectivity index (χ4n) is 2.20. The highest BCUT2D eigenvalue weighted by Gasteiger charge is 2.16. The molecule has 2 rings (SSSR count). The molecule has 0 atom stereocenters. The lowest BCUT2D eigenvalue weighted by Gasteiger charge is -2.16. The zero-order valence-corrected chi connectivity index (χ0v) is 14.2. The summed E-state index contributed by atoms with van der Waals surface area (Å²) in [5.74, 6) is 0. The summed E-state index contributed by atoms with van der Waals surface area (Å²) in [5, 5.41) is 4.61. The van der Waals surface area contributed by atoms with Crippen LogP contribution in [0.2, 0.25) is 0 Å². The van der Waals surface area contributed by atoms with Crippen molar-refractivity contribution < 1.29 is 0 Å². The Bertz CT molecular complexity index is 544. The average molecular weight is 303 g/mol. The van der Waals surface area contributed by atoms with E-state index in [2.05, 4.69) is 68.2 Å². The van der Waals surface area contributed by atoms with E-state index in [-0.39, 0.29) is 0 Å². The third kappa shape index (κ3) is 4.05. The molecule has 0 aliphatic carbocycles. The standard InChI is InChI=1S/C17H25N3S/c1-5-20(6-2)17-19-15(12-18-13(3)4)16(21-17)14-10-8-7-9-11-14/h7-11,13,18H,5-6,12H2,1-4H3. The number of thiazole rings is 1. The Morgan fingerprint density at radius 3 is 2.38 bits per heavy atom. The van der Waals surface area contributed by atoms with Gasteiger partial charge in [-0.15, -0.1) is 0 Å². The minimum absolute atomic E-state index is 0.465. The SMILES string of the molecule is CCN(CC)c1nc(CNC(C)C)c(-c2ccccc2)s1. The predicted molar refractivity (Wildman–Crippen MR) is 93.1 cm³/mol. The number of anilines is 1. The van der Waals surface area contributed by atoms with Gasteiger partial charge in [-0.2, -0.15) is 0 Å². The summed E-state index contributed by atoms with van der Waals surface area (Å²) in [5.41, 5.74) is 2.41. The fourth-order valence-corrected chi connectivity index (χ4v) is 3.42. The van der Waals surface area contributed by atoms with Crippen molar-refractivity contribution in [2.24, 2.45) is 0 Å². The van der Waals surface area contributed by atoms with Gasteiger partial charge in [-0.05, 0) is 19.4 Å². The zero-order valence-electron chi connectivity index (χ0n) is 13.4. The van der Waals surface area contributed by atoms with E-state index >= 15 is 0 Å². The van der Waals surface area contributed by atoms with E-state index in [1.54, 1.807) is 11.3 Å². The van der Waals surface area contributed by atoms with Crippen molar-refractivity contribution in [2.45, 2.75) is 40.3 Å². The Morgan fingerprint density at radius 2 is 1.81 bits per heavy atom. The second kappa shape index (κ2) is 7.57. The molecule has 0 fully saturated rings. The molecule has 0 amide bonds. The van der Waals surface area contributed by atoms with E-state index in [0.29, 0.717) is 6.04 Å². The Labute approximate surface area is 132 Å². The summed E-state index contributed by atoms with van der Waals surface area (Å²) in [6.07, 6.45) is 0. The highest BCUT2D eigenvalue weighted by molar-refractivity contribution is 7.19. The molecule has 1 N–H and O–H groups in total. The maximum Gasteiger partial charge on any atom is 0.186 e. The van der Waals surface area contributed by atoms with Gasteiger partial charge in [0.25, 0.3) is 0 Å². The number of hydrogen-bond acceptors (Lipinski definition) is 4. The molecule has 1 heterocycles. The summed E-state index contributed by atoms with van der Waals surface area (Å²) >= 11 is 1.80. The van der Waals surface area contributed by atoms with Gasteiger partial charge in [0.15, 0.2) is 5.13 Å². The van der Waals surface area contributed by atoms with Gasteiger partial charge < -0.3 is 10.2 Å². The molecule has 0 saturated heterocycles. The highest BCUT2D eigenvalue weighted by atomic mass is 32.1. The molecule has 2 aromatic rings. The zero-order chi connectivity index (χ0) is 15.2. The molecule has 4 heteroatoms. The Kier molecular flexibility index (Phi) is 5.76. The maximum atomic E-state index is 4.88. The van der Waals surface area contributed by atoms with E-state index in [1.807, 2.05) is 0 Å². The van der Waals surface area contributed by atoms with Gasteiger partial charge in [0.2, 0.25) is 0 Å². The molecular formula is C17H25N3S. The first-order chi connectivity index (χ1) is 10.2. The molecule has 0 saturated carbocycles. The van der Waals surface area contributed by atoms with Crippen LogP contribution in [-0.4, -0.2) is 24.1 Å². The van der Waals surface area contributed by atoms with Crippen LogP contribution in [0, 0.1) is 0 Å². The maximum absolute atomic E-state index is 4.88. The van der Waals surface area contributed by atoms with Crippen LogP contribution in [0.15, 0.2) is 30.3 Å². The van der Waals surface area contributed by atoms with E-state index in [0.717, 1.165) is 30.5 Å². The van der Waals surface area contributed by atoms with Crippen molar-refractivity contribution in [2.75, 3.05) is 18.0 Å². The lowest BCUT2D eigenvalue weighted by atomic mass is 10.1. The number of benzene rings is 1. The lowest BCUT2D eigenvalue weighted by Crippen LogP contribution is -2.23. The first-order valence-electron chi connectivity index (χ1n) is 7.69. The van der Waals surface area contributed by atoms with E-state index in [1.165, 1.54) is 10.4 Å². The van der Waals surface area contributed by atoms with Crippen molar-refractivity contribution in [1.29, 1.82) is 0 Å². The molecule has 0 radical (unpaired) electrons. The number of nitrogens with zero attached hydrogens (tertiary/aromatic N) is 2. The molecule has 21 heavy (non-hydrogen) atoms. The largest absolute Gasteiger partial charge is 0.349 e. The number of nitrogens with one attached hydrogen (secondary N) is 1. The van der Waals surface area contributed by atoms with Gasteiger partial charge in [0, 0.05) is 25.7 Å². The third-order valence-electron chi connectivity index (χ3n) is 3.43. The van der Waals surface area contributed by atoms with E-state index < -0.39 is 0 Å². The minimum Gasteiger partial charge on any atom is -0.349 e. The van der Waals surface area contributed by atoms with Gasteiger partial charge in [0.05, 0.1) is 10.6 Å². The van der Waals surface area contributed by atoms with Crippen LogP contribution in [0.5, 0.6) is 0 Å². The predicted octanol–water partition coefficient (Wildman–Crippen LogP) is 4.15. The van der Waals surface area contributed by atoms with Gasteiger partial charge in [-0.3, -0.25) is 0 Å². The van der Waals surface area contributed by atoms with Gasteiger partial charge in [-0.1, -0.05) is 55.5 Å². The Hall–Kier alpha value is -1.39. The number of rotatable bonds is 7.